The van der Waals surface area contributed by atoms with E-state index < -0.39 is 0 Å². The maximum atomic E-state index is 12.2. The van der Waals surface area contributed by atoms with Crippen LogP contribution in [0.5, 0.6) is 0 Å². The minimum Gasteiger partial charge on any atom is -0.343 e. The molecular formula is C13H24N2OS. The largest absolute Gasteiger partial charge is 0.343 e. The zero-order chi connectivity index (χ0) is 12.1. The highest BCUT2D eigenvalue weighted by atomic mass is 32.2. The van der Waals surface area contributed by atoms with Gasteiger partial charge < -0.3 is 10.2 Å². The van der Waals surface area contributed by atoms with Crippen LogP contribution in [0.2, 0.25) is 0 Å². The number of nitrogens with zero attached hydrogens (tertiary/aromatic N) is 1. The van der Waals surface area contributed by atoms with Crippen LogP contribution >= 0.6 is 11.8 Å². The van der Waals surface area contributed by atoms with Gasteiger partial charge in [0.15, 0.2) is 0 Å². The zero-order valence-corrected chi connectivity index (χ0v) is 11.6. The molecule has 2 saturated heterocycles. The van der Waals surface area contributed by atoms with Gasteiger partial charge in [0, 0.05) is 19.5 Å². The Hall–Kier alpha value is -0.220. The fourth-order valence-corrected chi connectivity index (χ4v) is 3.94. The van der Waals surface area contributed by atoms with E-state index in [-0.39, 0.29) is 0 Å². The van der Waals surface area contributed by atoms with E-state index in [1.807, 2.05) is 23.7 Å². The monoisotopic (exact) mass is 256 g/mol. The third-order valence-corrected chi connectivity index (χ3v) is 5.10. The molecule has 0 aromatic rings. The first kappa shape index (κ1) is 13.2. The quantitative estimate of drug-likeness (QED) is 0.834. The summed E-state index contributed by atoms with van der Waals surface area (Å²) in [6.07, 6.45) is 5.47. The number of amides is 1. The van der Waals surface area contributed by atoms with Gasteiger partial charge in [0.1, 0.15) is 0 Å². The van der Waals surface area contributed by atoms with E-state index in [9.17, 15) is 4.79 Å². The predicted molar refractivity (Wildman–Crippen MR) is 73.3 cm³/mol. The second-order valence-corrected chi connectivity index (χ2v) is 6.47. The molecule has 0 saturated carbocycles. The number of carbonyl (C=O) groups excluding carboxylic acids is 1. The summed E-state index contributed by atoms with van der Waals surface area (Å²) in [7, 11) is 2.00. The van der Waals surface area contributed by atoms with Crippen molar-refractivity contribution in [3.05, 3.63) is 0 Å². The van der Waals surface area contributed by atoms with E-state index in [0.29, 0.717) is 17.9 Å². The summed E-state index contributed by atoms with van der Waals surface area (Å²) in [5, 5.41) is 3.35. The van der Waals surface area contributed by atoms with Crippen molar-refractivity contribution in [3.63, 3.8) is 0 Å². The third-order valence-electron chi connectivity index (χ3n) is 4.05. The molecule has 0 atom stereocenters. The Labute approximate surface area is 109 Å². The van der Waals surface area contributed by atoms with Gasteiger partial charge in [0.25, 0.3) is 0 Å². The fraction of sp³-hybridized carbons (Fsp3) is 0.923. The van der Waals surface area contributed by atoms with Crippen LogP contribution in [0.4, 0.5) is 0 Å². The Bertz CT molecular complexity index is 248. The average Bonchev–Trinajstić information content (AvgIpc) is 2.40. The first-order valence-corrected chi connectivity index (χ1v) is 7.97. The van der Waals surface area contributed by atoms with E-state index in [1.165, 1.54) is 24.3 Å². The standard InChI is InChI=1S/C13H24N2OS/c1-15(12-2-6-14-7-3-12)13(16)10-11-4-8-17-9-5-11/h11-12,14H,2-10H2,1H3. The van der Waals surface area contributed by atoms with Gasteiger partial charge in [-0.1, -0.05) is 0 Å². The number of piperidine rings is 1. The summed E-state index contributed by atoms with van der Waals surface area (Å²) in [5.74, 6) is 3.51. The number of hydrogen-bond donors (Lipinski definition) is 1. The lowest BCUT2D eigenvalue weighted by atomic mass is 9.97. The molecule has 2 aliphatic rings. The molecule has 0 aromatic heterocycles. The second-order valence-electron chi connectivity index (χ2n) is 5.25. The lowest BCUT2D eigenvalue weighted by Gasteiger charge is -2.33. The van der Waals surface area contributed by atoms with Gasteiger partial charge in [-0.3, -0.25) is 4.79 Å². The molecule has 1 amide bonds. The number of thioether (sulfide) groups is 1. The third kappa shape index (κ3) is 3.88. The molecule has 3 nitrogen and oxygen atoms in total. The van der Waals surface area contributed by atoms with Crippen LogP contribution in [0.1, 0.15) is 32.1 Å². The minimum atomic E-state index is 0.369. The normalized spacial score (nSPS) is 23.6. The van der Waals surface area contributed by atoms with Crippen molar-refractivity contribution in [1.29, 1.82) is 0 Å². The summed E-state index contributed by atoms with van der Waals surface area (Å²) in [6.45, 7) is 2.12. The van der Waals surface area contributed by atoms with Crippen molar-refractivity contribution in [2.75, 3.05) is 31.6 Å². The van der Waals surface area contributed by atoms with E-state index in [2.05, 4.69) is 5.32 Å². The van der Waals surface area contributed by atoms with Crippen molar-refractivity contribution in [3.8, 4) is 0 Å². The van der Waals surface area contributed by atoms with Gasteiger partial charge in [0.2, 0.25) is 5.91 Å². The molecule has 0 bridgehead atoms. The molecular weight excluding hydrogens is 232 g/mol. The molecule has 0 radical (unpaired) electrons. The van der Waals surface area contributed by atoms with Crippen molar-refractivity contribution in [1.82, 2.24) is 10.2 Å². The summed E-state index contributed by atoms with van der Waals surface area (Å²) in [5.41, 5.74) is 0. The molecule has 0 aliphatic carbocycles. The van der Waals surface area contributed by atoms with Crippen molar-refractivity contribution in [2.24, 2.45) is 5.92 Å². The zero-order valence-electron chi connectivity index (χ0n) is 10.8. The first-order valence-electron chi connectivity index (χ1n) is 6.81. The Morgan fingerprint density at radius 3 is 2.53 bits per heavy atom. The Morgan fingerprint density at radius 2 is 1.88 bits per heavy atom. The lowest BCUT2D eigenvalue weighted by molar-refractivity contribution is -0.133. The first-order chi connectivity index (χ1) is 8.27. The summed E-state index contributed by atoms with van der Waals surface area (Å²) in [6, 6.07) is 0.474. The average molecular weight is 256 g/mol. The van der Waals surface area contributed by atoms with Crippen LogP contribution in [0.3, 0.4) is 0 Å². The molecule has 1 N–H and O–H groups in total. The molecule has 0 aromatic carbocycles. The van der Waals surface area contributed by atoms with Gasteiger partial charge in [-0.2, -0.15) is 11.8 Å². The van der Waals surface area contributed by atoms with Gasteiger partial charge in [0.05, 0.1) is 0 Å². The van der Waals surface area contributed by atoms with E-state index >= 15 is 0 Å². The van der Waals surface area contributed by atoms with Crippen LogP contribution in [0, 0.1) is 5.92 Å². The SMILES string of the molecule is CN(C(=O)CC1CCSCC1)C1CCNCC1. The molecule has 0 unspecified atom stereocenters. The molecule has 2 heterocycles. The van der Waals surface area contributed by atoms with Gasteiger partial charge in [-0.05, 0) is 56.2 Å². The highest BCUT2D eigenvalue weighted by Crippen LogP contribution is 2.26. The summed E-state index contributed by atoms with van der Waals surface area (Å²) >= 11 is 2.03. The molecule has 98 valence electrons. The number of rotatable bonds is 3. The maximum Gasteiger partial charge on any atom is 0.222 e. The van der Waals surface area contributed by atoms with Gasteiger partial charge in [-0.25, -0.2) is 0 Å². The molecule has 4 heteroatoms. The minimum absolute atomic E-state index is 0.369. The fourth-order valence-electron chi connectivity index (χ4n) is 2.74. The van der Waals surface area contributed by atoms with E-state index in [1.54, 1.807) is 0 Å². The predicted octanol–water partition coefficient (Wildman–Crippen LogP) is 1.73. The van der Waals surface area contributed by atoms with E-state index in [4.69, 9.17) is 0 Å². The summed E-state index contributed by atoms with van der Waals surface area (Å²) < 4.78 is 0. The van der Waals surface area contributed by atoms with Crippen LogP contribution in [0.15, 0.2) is 0 Å². The molecule has 0 spiro atoms. The smallest absolute Gasteiger partial charge is 0.222 e. The van der Waals surface area contributed by atoms with Crippen molar-refractivity contribution in [2.45, 2.75) is 38.1 Å². The Kier molecular flexibility index (Phi) is 5.16. The van der Waals surface area contributed by atoms with E-state index in [0.717, 1.165) is 32.4 Å². The lowest BCUT2D eigenvalue weighted by Crippen LogP contribution is -2.44. The Morgan fingerprint density at radius 1 is 1.24 bits per heavy atom. The number of carbonyl (C=O) groups is 1. The maximum absolute atomic E-state index is 12.2. The molecule has 2 rings (SSSR count). The van der Waals surface area contributed by atoms with Gasteiger partial charge >= 0.3 is 0 Å². The van der Waals surface area contributed by atoms with Crippen LogP contribution in [-0.4, -0.2) is 48.5 Å². The molecule has 17 heavy (non-hydrogen) atoms. The summed E-state index contributed by atoms with van der Waals surface area (Å²) in [4.78, 5) is 14.2. The molecule has 2 aliphatic heterocycles. The van der Waals surface area contributed by atoms with Crippen LogP contribution in [-0.2, 0) is 4.79 Å². The van der Waals surface area contributed by atoms with Crippen LogP contribution in [0.25, 0.3) is 0 Å². The topological polar surface area (TPSA) is 32.3 Å². The van der Waals surface area contributed by atoms with Gasteiger partial charge in [-0.15, -0.1) is 0 Å². The second kappa shape index (κ2) is 6.64. The van der Waals surface area contributed by atoms with Crippen molar-refractivity contribution >= 4 is 17.7 Å². The Balaban J connectivity index is 1.77. The highest BCUT2D eigenvalue weighted by molar-refractivity contribution is 7.99. The van der Waals surface area contributed by atoms with Crippen LogP contribution < -0.4 is 5.32 Å². The number of hydrogen-bond acceptors (Lipinski definition) is 3. The number of nitrogens with one attached hydrogen (secondary N) is 1. The highest BCUT2D eigenvalue weighted by Gasteiger charge is 2.24. The van der Waals surface area contributed by atoms with Crippen molar-refractivity contribution < 1.29 is 4.79 Å². The molecule has 2 fully saturated rings.